The molecule has 1 fully saturated rings. The second kappa shape index (κ2) is 4.94. The Balaban J connectivity index is 1.98. The fourth-order valence-corrected chi connectivity index (χ4v) is 2.38. The third-order valence-corrected chi connectivity index (χ3v) is 3.37. The van der Waals surface area contributed by atoms with Crippen molar-refractivity contribution in [1.82, 2.24) is 4.98 Å². The number of carbonyl (C=O) groups is 1. The minimum atomic E-state index is -0.837. The van der Waals surface area contributed by atoms with E-state index in [1.165, 1.54) is 6.92 Å². The molecule has 5 nitrogen and oxygen atoms in total. The first-order chi connectivity index (χ1) is 8.48. The minimum Gasteiger partial charge on any atom is -0.397 e. The SMILES string of the molecule is CC(=O)CC1(O)CCN(c2ccc(N)cn2)CC1. The Morgan fingerprint density at radius 1 is 1.50 bits per heavy atom. The molecule has 1 aromatic rings. The van der Waals surface area contributed by atoms with E-state index in [-0.39, 0.29) is 12.2 Å². The number of hydrogen-bond donors (Lipinski definition) is 2. The van der Waals surface area contributed by atoms with Crippen LogP contribution < -0.4 is 10.6 Å². The number of pyridine rings is 1. The van der Waals surface area contributed by atoms with Gasteiger partial charge in [0.25, 0.3) is 0 Å². The summed E-state index contributed by atoms with van der Waals surface area (Å²) in [6.07, 6.45) is 3.07. The van der Waals surface area contributed by atoms with Crippen LogP contribution in [0.4, 0.5) is 11.5 Å². The van der Waals surface area contributed by atoms with Gasteiger partial charge in [0, 0.05) is 19.5 Å². The van der Waals surface area contributed by atoms with Crippen LogP contribution in [0, 0.1) is 0 Å². The molecule has 5 heteroatoms. The monoisotopic (exact) mass is 249 g/mol. The van der Waals surface area contributed by atoms with E-state index in [1.807, 2.05) is 12.1 Å². The zero-order chi connectivity index (χ0) is 13.2. The Morgan fingerprint density at radius 2 is 2.17 bits per heavy atom. The standard InChI is InChI=1S/C13H19N3O2/c1-10(17)8-13(18)4-6-16(7-5-13)12-3-2-11(14)9-15-12/h2-3,9,18H,4-8,14H2,1H3. The number of carbonyl (C=O) groups excluding carboxylic acids is 1. The van der Waals surface area contributed by atoms with Crippen LogP contribution >= 0.6 is 0 Å². The molecule has 2 heterocycles. The lowest BCUT2D eigenvalue weighted by atomic mass is 9.87. The number of ketones is 1. The van der Waals surface area contributed by atoms with E-state index in [2.05, 4.69) is 9.88 Å². The molecule has 1 aliphatic rings. The predicted octanol–water partition coefficient (Wildman–Crippen LogP) is 0.974. The molecule has 0 atom stereocenters. The molecule has 0 aliphatic carbocycles. The molecule has 0 spiro atoms. The first kappa shape index (κ1) is 12.8. The number of Topliss-reactive ketones (excluding diaryl/α,β-unsaturated/α-hetero) is 1. The molecule has 0 radical (unpaired) electrons. The maximum absolute atomic E-state index is 11.1. The first-order valence-corrected chi connectivity index (χ1v) is 6.17. The Hall–Kier alpha value is -1.62. The molecule has 0 aromatic carbocycles. The van der Waals surface area contributed by atoms with Crippen LogP contribution in [0.2, 0.25) is 0 Å². The van der Waals surface area contributed by atoms with Gasteiger partial charge in [0.05, 0.1) is 17.5 Å². The van der Waals surface area contributed by atoms with Gasteiger partial charge in [-0.2, -0.15) is 0 Å². The zero-order valence-electron chi connectivity index (χ0n) is 10.6. The molecule has 2 rings (SSSR count). The van der Waals surface area contributed by atoms with Gasteiger partial charge >= 0.3 is 0 Å². The lowest BCUT2D eigenvalue weighted by molar-refractivity contribution is -0.122. The molecule has 1 aromatic heterocycles. The smallest absolute Gasteiger partial charge is 0.132 e. The van der Waals surface area contributed by atoms with E-state index < -0.39 is 5.60 Å². The molecule has 0 amide bonds. The number of aromatic nitrogens is 1. The van der Waals surface area contributed by atoms with Crippen molar-refractivity contribution in [2.45, 2.75) is 31.8 Å². The first-order valence-electron chi connectivity index (χ1n) is 6.17. The Labute approximate surface area is 107 Å². The summed E-state index contributed by atoms with van der Waals surface area (Å²) in [7, 11) is 0. The summed E-state index contributed by atoms with van der Waals surface area (Å²) in [5, 5.41) is 10.3. The predicted molar refractivity (Wildman–Crippen MR) is 70.3 cm³/mol. The van der Waals surface area contributed by atoms with Gasteiger partial charge in [-0.25, -0.2) is 4.98 Å². The summed E-state index contributed by atoms with van der Waals surface area (Å²) in [5.74, 6) is 0.908. The highest BCUT2D eigenvalue weighted by Gasteiger charge is 2.33. The number of piperidine rings is 1. The topological polar surface area (TPSA) is 79.5 Å². The molecule has 1 aliphatic heterocycles. The van der Waals surface area contributed by atoms with Crippen molar-refractivity contribution < 1.29 is 9.90 Å². The molecule has 0 unspecified atom stereocenters. The van der Waals surface area contributed by atoms with Crippen LogP contribution in [0.5, 0.6) is 0 Å². The summed E-state index contributed by atoms with van der Waals surface area (Å²) in [4.78, 5) is 17.5. The van der Waals surface area contributed by atoms with Crippen LogP contribution in [0.15, 0.2) is 18.3 Å². The largest absolute Gasteiger partial charge is 0.397 e. The summed E-state index contributed by atoms with van der Waals surface area (Å²) in [5.41, 5.74) is 5.40. The van der Waals surface area contributed by atoms with E-state index in [1.54, 1.807) is 6.20 Å². The average Bonchev–Trinajstić information content (AvgIpc) is 2.30. The third kappa shape index (κ3) is 2.98. The number of nitrogens with zero attached hydrogens (tertiary/aromatic N) is 2. The van der Waals surface area contributed by atoms with Gasteiger partial charge in [0.1, 0.15) is 11.6 Å². The summed E-state index contributed by atoms with van der Waals surface area (Å²) in [6, 6.07) is 3.70. The van der Waals surface area contributed by atoms with Crippen molar-refractivity contribution in [2.24, 2.45) is 0 Å². The van der Waals surface area contributed by atoms with Crippen molar-refractivity contribution in [3.8, 4) is 0 Å². The second-order valence-electron chi connectivity index (χ2n) is 5.04. The maximum atomic E-state index is 11.1. The quantitative estimate of drug-likeness (QED) is 0.834. The summed E-state index contributed by atoms with van der Waals surface area (Å²) in [6.45, 7) is 2.94. The number of rotatable bonds is 3. The van der Waals surface area contributed by atoms with Crippen LogP contribution in [-0.4, -0.2) is 34.6 Å². The number of nitrogen functional groups attached to an aromatic ring is 1. The number of nitrogens with two attached hydrogens (primary N) is 1. The van der Waals surface area contributed by atoms with Crippen LogP contribution in [0.1, 0.15) is 26.2 Å². The average molecular weight is 249 g/mol. The van der Waals surface area contributed by atoms with Crippen LogP contribution in [-0.2, 0) is 4.79 Å². The number of anilines is 2. The lowest BCUT2D eigenvalue weighted by Gasteiger charge is -2.38. The van der Waals surface area contributed by atoms with Crippen molar-refractivity contribution in [2.75, 3.05) is 23.7 Å². The molecule has 1 saturated heterocycles. The fraction of sp³-hybridized carbons (Fsp3) is 0.538. The molecule has 0 saturated carbocycles. The molecule has 3 N–H and O–H groups in total. The van der Waals surface area contributed by atoms with Gasteiger partial charge in [0.15, 0.2) is 0 Å². The van der Waals surface area contributed by atoms with Crippen LogP contribution in [0.25, 0.3) is 0 Å². The van der Waals surface area contributed by atoms with E-state index in [0.29, 0.717) is 31.6 Å². The van der Waals surface area contributed by atoms with E-state index in [9.17, 15) is 9.90 Å². The summed E-state index contributed by atoms with van der Waals surface area (Å²) >= 11 is 0. The molecule has 0 bridgehead atoms. The molecule has 98 valence electrons. The third-order valence-electron chi connectivity index (χ3n) is 3.37. The fourth-order valence-electron chi connectivity index (χ4n) is 2.38. The molecular weight excluding hydrogens is 230 g/mol. The normalized spacial score (nSPS) is 18.7. The molecular formula is C13H19N3O2. The minimum absolute atomic E-state index is 0.0385. The summed E-state index contributed by atoms with van der Waals surface area (Å²) < 4.78 is 0. The van der Waals surface area contributed by atoms with Gasteiger partial charge in [-0.3, -0.25) is 4.79 Å². The van der Waals surface area contributed by atoms with Crippen molar-refractivity contribution in [3.05, 3.63) is 18.3 Å². The van der Waals surface area contributed by atoms with Gasteiger partial charge in [-0.15, -0.1) is 0 Å². The number of hydrogen-bond acceptors (Lipinski definition) is 5. The maximum Gasteiger partial charge on any atom is 0.132 e. The zero-order valence-corrected chi connectivity index (χ0v) is 10.6. The Morgan fingerprint density at radius 3 is 2.67 bits per heavy atom. The van der Waals surface area contributed by atoms with Crippen molar-refractivity contribution in [1.29, 1.82) is 0 Å². The van der Waals surface area contributed by atoms with Crippen molar-refractivity contribution >= 4 is 17.3 Å². The highest BCUT2D eigenvalue weighted by Crippen LogP contribution is 2.28. The van der Waals surface area contributed by atoms with E-state index >= 15 is 0 Å². The van der Waals surface area contributed by atoms with E-state index in [4.69, 9.17) is 5.73 Å². The molecule has 18 heavy (non-hydrogen) atoms. The van der Waals surface area contributed by atoms with Gasteiger partial charge < -0.3 is 15.7 Å². The van der Waals surface area contributed by atoms with E-state index in [0.717, 1.165) is 5.82 Å². The Bertz CT molecular complexity index is 422. The highest BCUT2D eigenvalue weighted by atomic mass is 16.3. The Kier molecular flexibility index (Phi) is 3.52. The lowest BCUT2D eigenvalue weighted by Crippen LogP contribution is -2.45. The highest BCUT2D eigenvalue weighted by molar-refractivity contribution is 5.76. The second-order valence-corrected chi connectivity index (χ2v) is 5.04. The number of aliphatic hydroxyl groups is 1. The van der Waals surface area contributed by atoms with Gasteiger partial charge in [0.2, 0.25) is 0 Å². The van der Waals surface area contributed by atoms with Gasteiger partial charge in [-0.1, -0.05) is 0 Å². The van der Waals surface area contributed by atoms with Gasteiger partial charge in [-0.05, 0) is 31.9 Å². The van der Waals surface area contributed by atoms with Crippen LogP contribution in [0.3, 0.4) is 0 Å². The van der Waals surface area contributed by atoms with Crippen molar-refractivity contribution in [3.63, 3.8) is 0 Å².